The summed E-state index contributed by atoms with van der Waals surface area (Å²) in [6.07, 6.45) is -4.66. The van der Waals surface area contributed by atoms with Crippen molar-refractivity contribution in [2.45, 2.75) is 6.18 Å². The van der Waals surface area contributed by atoms with E-state index in [1.54, 1.807) is 0 Å². The number of nitrogens with zero attached hydrogens (tertiary/aromatic N) is 2. The van der Waals surface area contributed by atoms with E-state index in [4.69, 9.17) is 10.00 Å². The van der Waals surface area contributed by atoms with E-state index >= 15 is 0 Å². The number of hydrogen-bond donors (Lipinski definition) is 0. The van der Waals surface area contributed by atoms with Gasteiger partial charge in [0.25, 0.3) is 5.69 Å². The van der Waals surface area contributed by atoms with E-state index in [-0.39, 0.29) is 11.4 Å². The Morgan fingerprint density at radius 3 is 2.33 bits per heavy atom. The van der Waals surface area contributed by atoms with Crippen LogP contribution in [0.2, 0.25) is 0 Å². The molecule has 0 aromatic heterocycles. The number of hydrogen-bond acceptors (Lipinski definition) is 4. The summed E-state index contributed by atoms with van der Waals surface area (Å²) in [5.41, 5.74) is -0.199. The number of nitro benzene ring substituents is 1. The van der Waals surface area contributed by atoms with Crippen LogP contribution in [-0.2, 0) is 0 Å². The average Bonchev–Trinajstić information content (AvgIpc) is 2.28. The van der Waals surface area contributed by atoms with Crippen LogP contribution in [0.5, 0.6) is 5.75 Å². The minimum atomic E-state index is -4.66. The summed E-state index contributed by atoms with van der Waals surface area (Å²) in [6.45, 7) is -0.849. The van der Waals surface area contributed by atoms with Gasteiger partial charge in [0.05, 0.1) is 11.0 Å². The van der Waals surface area contributed by atoms with Crippen molar-refractivity contribution >= 4 is 5.69 Å². The van der Waals surface area contributed by atoms with Gasteiger partial charge in [-0.05, 0) is 12.1 Å². The van der Waals surface area contributed by atoms with Gasteiger partial charge < -0.3 is 4.74 Å². The van der Waals surface area contributed by atoms with Crippen LogP contribution in [0, 0.1) is 27.4 Å². The van der Waals surface area contributed by atoms with E-state index in [2.05, 4.69) is 0 Å². The molecule has 1 atom stereocenters. The van der Waals surface area contributed by atoms with Gasteiger partial charge in [-0.2, -0.15) is 18.4 Å². The van der Waals surface area contributed by atoms with Crippen LogP contribution in [-0.4, -0.2) is 17.7 Å². The second-order valence-corrected chi connectivity index (χ2v) is 3.29. The zero-order valence-electron chi connectivity index (χ0n) is 8.85. The first kappa shape index (κ1) is 13.8. The van der Waals surface area contributed by atoms with E-state index in [1.165, 1.54) is 12.1 Å². The van der Waals surface area contributed by atoms with Gasteiger partial charge in [-0.15, -0.1) is 0 Å². The van der Waals surface area contributed by atoms with E-state index in [0.717, 1.165) is 18.2 Å². The molecule has 0 aliphatic carbocycles. The Bertz CT molecular complexity index is 465. The van der Waals surface area contributed by atoms with Gasteiger partial charge in [0.2, 0.25) is 0 Å². The number of nitro groups is 1. The third-order valence-electron chi connectivity index (χ3n) is 2.02. The highest BCUT2D eigenvalue weighted by Crippen LogP contribution is 2.26. The zero-order valence-corrected chi connectivity index (χ0v) is 8.85. The minimum absolute atomic E-state index is 0.0325. The second kappa shape index (κ2) is 5.35. The van der Waals surface area contributed by atoms with Gasteiger partial charge in [-0.3, -0.25) is 10.1 Å². The largest absolute Gasteiger partial charge is 0.492 e. The summed E-state index contributed by atoms with van der Waals surface area (Å²) < 4.78 is 41.4. The Morgan fingerprint density at radius 2 is 1.94 bits per heavy atom. The highest BCUT2D eigenvalue weighted by atomic mass is 19.4. The molecule has 1 rings (SSSR count). The lowest BCUT2D eigenvalue weighted by atomic mass is 10.2. The number of halogens is 3. The van der Waals surface area contributed by atoms with Crippen LogP contribution in [0.25, 0.3) is 0 Å². The first-order valence-corrected chi connectivity index (χ1v) is 4.68. The number of benzene rings is 1. The third kappa shape index (κ3) is 3.62. The summed E-state index contributed by atoms with van der Waals surface area (Å²) in [4.78, 5) is 9.69. The van der Waals surface area contributed by atoms with Crippen LogP contribution >= 0.6 is 0 Å². The zero-order chi connectivity index (χ0) is 13.8. The van der Waals surface area contributed by atoms with Crippen LogP contribution in [0.3, 0.4) is 0 Å². The van der Waals surface area contributed by atoms with E-state index < -0.39 is 23.6 Å². The fourth-order valence-corrected chi connectivity index (χ4v) is 1.05. The van der Waals surface area contributed by atoms with Crippen molar-refractivity contribution < 1.29 is 22.8 Å². The number of alkyl halides is 3. The quantitative estimate of drug-likeness (QED) is 0.616. The molecule has 0 saturated heterocycles. The van der Waals surface area contributed by atoms with E-state index in [1.807, 2.05) is 0 Å². The molecule has 0 radical (unpaired) electrons. The van der Waals surface area contributed by atoms with Crippen LogP contribution in [0.1, 0.15) is 0 Å². The van der Waals surface area contributed by atoms with Crippen molar-refractivity contribution in [3.8, 4) is 11.8 Å². The summed E-state index contributed by atoms with van der Waals surface area (Å²) in [7, 11) is 0. The molecule has 5 nitrogen and oxygen atoms in total. The predicted octanol–water partition coefficient (Wildman–Crippen LogP) is 2.68. The van der Waals surface area contributed by atoms with Crippen LogP contribution in [0.15, 0.2) is 24.3 Å². The SMILES string of the molecule is N#CC(COc1ccc([N+](=O)[O-])cc1)C(F)(F)F. The molecule has 18 heavy (non-hydrogen) atoms. The van der Waals surface area contributed by atoms with Crippen molar-refractivity contribution in [1.29, 1.82) is 5.26 Å². The lowest BCUT2D eigenvalue weighted by Crippen LogP contribution is -2.27. The summed E-state index contributed by atoms with van der Waals surface area (Å²) in [5.74, 6) is -2.20. The molecule has 0 fully saturated rings. The maximum atomic E-state index is 12.2. The molecule has 1 aromatic carbocycles. The van der Waals surface area contributed by atoms with Crippen molar-refractivity contribution in [1.82, 2.24) is 0 Å². The number of nitriles is 1. The number of ether oxygens (including phenoxy) is 1. The summed E-state index contributed by atoms with van der Waals surface area (Å²) in [6, 6.07) is 5.63. The lowest BCUT2D eigenvalue weighted by Gasteiger charge is -2.13. The monoisotopic (exact) mass is 260 g/mol. The highest BCUT2D eigenvalue weighted by molar-refractivity contribution is 5.35. The normalized spacial score (nSPS) is 12.6. The molecule has 96 valence electrons. The summed E-state index contributed by atoms with van der Waals surface area (Å²) >= 11 is 0. The topological polar surface area (TPSA) is 76.2 Å². The maximum Gasteiger partial charge on any atom is 0.407 e. The van der Waals surface area contributed by atoms with E-state index in [0.29, 0.717) is 0 Å². The highest BCUT2D eigenvalue weighted by Gasteiger charge is 2.40. The smallest absolute Gasteiger partial charge is 0.407 e. The van der Waals surface area contributed by atoms with Gasteiger partial charge in [-0.25, -0.2) is 0 Å². The van der Waals surface area contributed by atoms with Gasteiger partial charge >= 0.3 is 6.18 Å². The molecule has 0 saturated carbocycles. The average molecular weight is 260 g/mol. The third-order valence-corrected chi connectivity index (χ3v) is 2.02. The van der Waals surface area contributed by atoms with Crippen molar-refractivity contribution in [3.63, 3.8) is 0 Å². The first-order chi connectivity index (χ1) is 8.34. The molecule has 0 aliphatic heterocycles. The first-order valence-electron chi connectivity index (χ1n) is 4.68. The molecule has 0 heterocycles. The fourth-order valence-electron chi connectivity index (χ4n) is 1.05. The lowest BCUT2D eigenvalue weighted by molar-refractivity contribution is -0.384. The molecule has 0 bridgehead atoms. The van der Waals surface area contributed by atoms with Crippen LogP contribution in [0.4, 0.5) is 18.9 Å². The fraction of sp³-hybridized carbons (Fsp3) is 0.300. The second-order valence-electron chi connectivity index (χ2n) is 3.29. The molecular formula is C10H7F3N2O3. The van der Waals surface area contributed by atoms with Crippen molar-refractivity contribution in [2.24, 2.45) is 5.92 Å². The predicted molar refractivity (Wildman–Crippen MR) is 53.7 cm³/mol. The Balaban J connectivity index is 2.64. The van der Waals surface area contributed by atoms with Gasteiger partial charge in [0.1, 0.15) is 12.4 Å². The van der Waals surface area contributed by atoms with Gasteiger partial charge in [-0.1, -0.05) is 0 Å². The standard InChI is InChI=1S/C10H7F3N2O3/c11-10(12,13)7(5-14)6-18-9-3-1-8(2-4-9)15(16)17/h1-4,7H,6H2. The van der Waals surface area contributed by atoms with Crippen molar-refractivity contribution in [2.75, 3.05) is 6.61 Å². The number of non-ortho nitro benzene ring substituents is 1. The van der Waals surface area contributed by atoms with Crippen LogP contribution < -0.4 is 4.74 Å². The molecule has 1 unspecified atom stereocenters. The maximum absolute atomic E-state index is 12.2. The van der Waals surface area contributed by atoms with Crippen molar-refractivity contribution in [3.05, 3.63) is 34.4 Å². The molecule has 8 heteroatoms. The van der Waals surface area contributed by atoms with E-state index in [9.17, 15) is 23.3 Å². The molecule has 0 N–H and O–H groups in total. The Kier molecular flexibility index (Phi) is 4.09. The molecule has 0 amide bonds. The molecule has 0 aliphatic rings. The molecular weight excluding hydrogens is 253 g/mol. The Hall–Kier alpha value is -2.30. The molecule has 0 spiro atoms. The van der Waals surface area contributed by atoms with Gasteiger partial charge in [0, 0.05) is 12.1 Å². The van der Waals surface area contributed by atoms with Gasteiger partial charge in [0.15, 0.2) is 5.92 Å². The summed E-state index contributed by atoms with van der Waals surface area (Å²) in [5, 5.41) is 18.6. The Morgan fingerprint density at radius 1 is 1.39 bits per heavy atom. The Labute approximate surface area is 99.5 Å². The minimum Gasteiger partial charge on any atom is -0.492 e. The molecule has 1 aromatic rings. The number of rotatable bonds is 4.